The molecule has 0 bridgehead atoms. The standard InChI is InChI=1S/C19H24N2O5S/c22-18(13-26-19(23)15-4-5-15)20-8-10-21(11-9-20)27(24,25)17-7-6-14-2-1-3-16(14)12-17/h6-7,12,15H,1-5,8-11,13H2. The third-order valence-electron chi connectivity index (χ3n) is 5.55. The zero-order chi connectivity index (χ0) is 19.0. The summed E-state index contributed by atoms with van der Waals surface area (Å²) in [4.78, 5) is 25.6. The van der Waals surface area contributed by atoms with Gasteiger partial charge in [0.25, 0.3) is 5.91 Å². The molecule has 0 unspecified atom stereocenters. The molecular weight excluding hydrogens is 368 g/mol. The molecule has 27 heavy (non-hydrogen) atoms. The van der Waals surface area contributed by atoms with Crippen LogP contribution in [0.25, 0.3) is 0 Å². The van der Waals surface area contributed by atoms with Gasteiger partial charge in [0.2, 0.25) is 10.0 Å². The average molecular weight is 392 g/mol. The molecule has 1 saturated heterocycles. The molecule has 0 atom stereocenters. The maximum Gasteiger partial charge on any atom is 0.309 e. The van der Waals surface area contributed by atoms with Gasteiger partial charge in [0.05, 0.1) is 10.8 Å². The number of aryl methyl sites for hydroxylation is 2. The van der Waals surface area contributed by atoms with Crippen molar-refractivity contribution >= 4 is 21.9 Å². The van der Waals surface area contributed by atoms with Crippen LogP contribution in [0.4, 0.5) is 0 Å². The van der Waals surface area contributed by atoms with Crippen molar-refractivity contribution in [3.05, 3.63) is 29.3 Å². The van der Waals surface area contributed by atoms with E-state index in [1.165, 1.54) is 9.87 Å². The van der Waals surface area contributed by atoms with Crippen LogP contribution >= 0.6 is 0 Å². The Morgan fingerprint density at radius 3 is 2.44 bits per heavy atom. The van der Waals surface area contributed by atoms with Crippen LogP contribution in [0.3, 0.4) is 0 Å². The summed E-state index contributed by atoms with van der Waals surface area (Å²) in [5.41, 5.74) is 2.37. The van der Waals surface area contributed by atoms with Gasteiger partial charge < -0.3 is 9.64 Å². The van der Waals surface area contributed by atoms with Crippen LogP contribution < -0.4 is 0 Å². The van der Waals surface area contributed by atoms with Crippen LogP contribution in [-0.2, 0) is 37.2 Å². The smallest absolute Gasteiger partial charge is 0.309 e. The molecule has 0 aromatic heterocycles. The van der Waals surface area contributed by atoms with E-state index in [2.05, 4.69) is 0 Å². The number of amides is 1. The normalized spacial score (nSPS) is 20.4. The second-order valence-electron chi connectivity index (χ2n) is 7.45. The van der Waals surface area contributed by atoms with Crippen LogP contribution in [0, 0.1) is 5.92 Å². The summed E-state index contributed by atoms with van der Waals surface area (Å²) in [6, 6.07) is 5.41. The second-order valence-corrected chi connectivity index (χ2v) is 9.39. The van der Waals surface area contributed by atoms with Crippen LogP contribution in [0.5, 0.6) is 0 Å². The number of nitrogens with zero attached hydrogens (tertiary/aromatic N) is 2. The van der Waals surface area contributed by atoms with Crippen molar-refractivity contribution in [2.75, 3.05) is 32.8 Å². The molecule has 0 radical (unpaired) electrons. The van der Waals surface area contributed by atoms with E-state index in [0.717, 1.165) is 37.7 Å². The van der Waals surface area contributed by atoms with Crippen molar-refractivity contribution in [3.63, 3.8) is 0 Å². The van der Waals surface area contributed by atoms with Gasteiger partial charge in [-0.05, 0) is 55.4 Å². The van der Waals surface area contributed by atoms with Gasteiger partial charge in [0, 0.05) is 26.2 Å². The number of hydrogen-bond acceptors (Lipinski definition) is 5. The number of fused-ring (bicyclic) bond motifs is 1. The van der Waals surface area contributed by atoms with Crippen LogP contribution in [0.15, 0.2) is 23.1 Å². The Morgan fingerprint density at radius 2 is 1.74 bits per heavy atom. The van der Waals surface area contributed by atoms with Crippen molar-refractivity contribution in [1.29, 1.82) is 0 Å². The molecule has 1 aliphatic heterocycles. The Bertz CT molecular complexity index is 855. The first-order valence-electron chi connectivity index (χ1n) is 9.51. The fraction of sp³-hybridized carbons (Fsp3) is 0.579. The van der Waals surface area contributed by atoms with Crippen LogP contribution in [-0.4, -0.2) is 62.3 Å². The molecule has 7 nitrogen and oxygen atoms in total. The minimum atomic E-state index is -3.55. The van der Waals surface area contributed by atoms with Crippen molar-refractivity contribution in [3.8, 4) is 0 Å². The number of benzene rings is 1. The molecule has 1 aromatic rings. The number of hydrogen-bond donors (Lipinski definition) is 0. The zero-order valence-electron chi connectivity index (χ0n) is 15.2. The molecule has 3 aliphatic rings. The topological polar surface area (TPSA) is 84.0 Å². The number of rotatable bonds is 5. The molecule has 0 N–H and O–H groups in total. The Kier molecular flexibility index (Phi) is 4.94. The van der Waals surface area contributed by atoms with E-state index in [4.69, 9.17) is 4.74 Å². The van der Waals surface area contributed by atoms with E-state index in [0.29, 0.717) is 18.0 Å². The lowest BCUT2D eigenvalue weighted by Crippen LogP contribution is -2.51. The fourth-order valence-corrected chi connectivity index (χ4v) is 5.17. The number of carbonyl (C=O) groups excluding carboxylic acids is 2. The van der Waals surface area contributed by atoms with Crippen molar-refractivity contribution < 1.29 is 22.7 Å². The zero-order valence-corrected chi connectivity index (χ0v) is 16.0. The molecular formula is C19H24N2O5S. The lowest BCUT2D eigenvalue weighted by molar-refractivity contribution is -0.153. The van der Waals surface area contributed by atoms with Crippen molar-refractivity contribution in [2.24, 2.45) is 5.92 Å². The lowest BCUT2D eigenvalue weighted by atomic mass is 10.1. The van der Waals surface area contributed by atoms with Gasteiger partial charge in [-0.1, -0.05) is 6.07 Å². The lowest BCUT2D eigenvalue weighted by Gasteiger charge is -2.34. The molecule has 146 valence electrons. The Labute approximate surface area is 159 Å². The summed E-state index contributed by atoms with van der Waals surface area (Å²) < 4.78 is 32.3. The minimum absolute atomic E-state index is 0.0351. The largest absolute Gasteiger partial charge is 0.455 e. The SMILES string of the molecule is O=C(OCC(=O)N1CCN(S(=O)(=O)c2ccc3c(c2)CCC3)CC1)C1CC1. The highest BCUT2D eigenvalue weighted by Gasteiger charge is 2.33. The number of piperazine rings is 1. The molecule has 1 saturated carbocycles. The quantitative estimate of drug-likeness (QED) is 0.697. The van der Waals surface area contributed by atoms with Gasteiger partial charge in [-0.25, -0.2) is 8.42 Å². The number of esters is 1. The predicted octanol–water partition coefficient (Wildman–Crippen LogP) is 0.961. The van der Waals surface area contributed by atoms with E-state index in [1.807, 2.05) is 6.07 Å². The van der Waals surface area contributed by atoms with Crippen molar-refractivity contribution in [2.45, 2.75) is 37.0 Å². The summed E-state index contributed by atoms with van der Waals surface area (Å²) in [5.74, 6) is -0.605. The Hall–Kier alpha value is -1.93. The summed E-state index contributed by atoms with van der Waals surface area (Å²) in [7, 11) is -3.55. The highest BCUT2D eigenvalue weighted by atomic mass is 32.2. The third-order valence-corrected chi connectivity index (χ3v) is 7.44. The fourth-order valence-electron chi connectivity index (χ4n) is 3.70. The third kappa shape index (κ3) is 3.87. The molecule has 1 heterocycles. The molecule has 8 heteroatoms. The minimum Gasteiger partial charge on any atom is -0.455 e. The van der Waals surface area contributed by atoms with E-state index in [-0.39, 0.29) is 37.5 Å². The van der Waals surface area contributed by atoms with Crippen molar-refractivity contribution in [1.82, 2.24) is 9.21 Å². The highest BCUT2D eigenvalue weighted by molar-refractivity contribution is 7.89. The molecule has 4 rings (SSSR count). The Balaban J connectivity index is 1.34. The van der Waals surface area contributed by atoms with Gasteiger partial charge in [0.1, 0.15) is 0 Å². The number of carbonyl (C=O) groups is 2. The summed E-state index contributed by atoms with van der Waals surface area (Å²) in [6.45, 7) is 0.865. The predicted molar refractivity (Wildman–Crippen MR) is 97.5 cm³/mol. The Morgan fingerprint density at radius 1 is 1.04 bits per heavy atom. The maximum absolute atomic E-state index is 12.9. The second kappa shape index (κ2) is 7.24. The molecule has 0 spiro atoms. The van der Waals surface area contributed by atoms with Crippen LogP contribution in [0.2, 0.25) is 0 Å². The summed E-state index contributed by atoms with van der Waals surface area (Å²) in [6.07, 6.45) is 4.70. The van der Waals surface area contributed by atoms with E-state index in [9.17, 15) is 18.0 Å². The first-order chi connectivity index (χ1) is 12.9. The molecule has 1 aromatic carbocycles. The van der Waals surface area contributed by atoms with Gasteiger partial charge in [-0.15, -0.1) is 0 Å². The molecule has 1 amide bonds. The molecule has 2 aliphatic carbocycles. The van der Waals surface area contributed by atoms with E-state index < -0.39 is 10.0 Å². The first-order valence-corrected chi connectivity index (χ1v) is 11.0. The average Bonchev–Trinajstić information content (AvgIpc) is 3.43. The summed E-state index contributed by atoms with van der Waals surface area (Å²) in [5, 5.41) is 0. The summed E-state index contributed by atoms with van der Waals surface area (Å²) >= 11 is 0. The number of ether oxygens (including phenoxy) is 1. The van der Waals surface area contributed by atoms with E-state index in [1.54, 1.807) is 17.0 Å². The van der Waals surface area contributed by atoms with Gasteiger partial charge in [0.15, 0.2) is 6.61 Å². The van der Waals surface area contributed by atoms with Gasteiger partial charge in [-0.3, -0.25) is 9.59 Å². The van der Waals surface area contributed by atoms with Gasteiger partial charge >= 0.3 is 5.97 Å². The molecule has 2 fully saturated rings. The number of sulfonamides is 1. The highest BCUT2D eigenvalue weighted by Crippen LogP contribution is 2.30. The van der Waals surface area contributed by atoms with Gasteiger partial charge in [-0.2, -0.15) is 4.31 Å². The maximum atomic E-state index is 12.9. The van der Waals surface area contributed by atoms with E-state index >= 15 is 0 Å². The van der Waals surface area contributed by atoms with Crippen LogP contribution in [0.1, 0.15) is 30.4 Å². The monoisotopic (exact) mass is 392 g/mol. The first kappa shape index (κ1) is 18.4.